The molecule has 0 bridgehead atoms. The molecule has 0 N–H and O–H groups in total. The number of hydrogen-bond donors (Lipinski definition) is 0. The van der Waals surface area contributed by atoms with E-state index in [0.717, 1.165) is 139 Å². The number of para-hydroxylation sites is 6. The summed E-state index contributed by atoms with van der Waals surface area (Å²) in [6.45, 7) is 0. The van der Waals surface area contributed by atoms with Crippen molar-refractivity contribution in [1.82, 2.24) is 37.6 Å². The lowest BCUT2D eigenvalue weighted by Crippen LogP contribution is -1.99. The first kappa shape index (κ1) is 46.1. The molecule has 10 heteroatoms. The first-order chi connectivity index (χ1) is 41.0. The lowest BCUT2D eigenvalue weighted by Gasteiger charge is -2.15. The molecule has 17 aromatic rings. The SMILES string of the molecule is N#Cc1cc(-c2cc(-c3ccc4c(c3)nc3n(-c5cc(C#N)cc(-c6cccc(-n7c8ccccc8c8ccccc87)c6)c5)c5ccccc5n43)cc(-n3c4ccccc4c4ccccc43)c2)cc(-n2c3ccncc3c3cccnc32)c1. The standard InChI is InChI=1S/C73H42N10/c74-42-45-31-49(47-13-11-14-53(36-47)79-64-20-5-1-15-57(64)58-16-2-6-21-65(58)79)37-55(34-45)82-70-24-9-10-25-71(70)83-69-27-26-48(41-63(69)78-73(82)83)51-35-52(40-56(39-51)80-66-22-7-3-17-59(66)60-18-4-8-23-67(60)80)50-32-46(43-75)33-54(38-50)81-68-28-30-76-44-62(68)61-19-12-29-77-72(61)81/h1-41,44H. The molecule has 0 saturated carbocycles. The Hall–Kier alpha value is -11.9. The summed E-state index contributed by atoms with van der Waals surface area (Å²) in [7, 11) is 0. The van der Waals surface area contributed by atoms with Gasteiger partial charge in [-0.15, -0.1) is 0 Å². The zero-order valence-electron chi connectivity index (χ0n) is 44.2. The van der Waals surface area contributed by atoms with Gasteiger partial charge in [-0.05, 0) is 167 Å². The van der Waals surface area contributed by atoms with E-state index < -0.39 is 0 Å². The third kappa shape index (κ3) is 6.97. The van der Waals surface area contributed by atoms with Crippen LogP contribution in [0.25, 0.3) is 150 Å². The molecule has 0 fully saturated rings. The molecule has 0 saturated heterocycles. The zero-order chi connectivity index (χ0) is 54.9. The predicted octanol–water partition coefficient (Wildman–Crippen LogP) is 17.3. The van der Waals surface area contributed by atoms with Gasteiger partial charge >= 0.3 is 0 Å². The fourth-order valence-corrected chi connectivity index (χ4v) is 13.0. The fourth-order valence-electron chi connectivity index (χ4n) is 13.0. The van der Waals surface area contributed by atoms with Crippen LogP contribution in [0.3, 0.4) is 0 Å². The average Bonchev–Trinajstić information content (AvgIpc) is 2.24. The molecule has 0 radical (unpaired) electrons. The monoisotopic (exact) mass is 1060 g/mol. The molecule has 7 aromatic heterocycles. The minimum absolute atomic E-state index is 0.528. The molecule has 17 rings (SSSR count). The molecule has 0 aliphatic carbocycles. The maximum absolute atomic E-state index is 10.7. The second-order valence-electron chi connectivity index (χ2n) is 21.2. The van der Waals surface area contributed by atoms with E-state index in [9.17, 15) is 10.5 Å². The molecule has 10 aromatic carbocycles. The summed E-state index contributed by atoms with van der Waals surface area (Å²) in [5, 5.41) is 28.1. The van der Waals surface area contributed by atoms with Gasteiger partial charge in [0.15, 0.2) is 0 Å². The van der Waals surface area contributed by atoms with E-state index in [1.165, 1.54) is 10.8 Å². The summed E-state index contributed by atoms with van der Waals surface area (Å²) < 4.78 is 11.2. The minimum atomic E-state index is 0.528. The average molecular weight is 1060 g/mol. The van der Waals surface area contributed by atoms with Crippen molar-refractivity contribution in [3.05, 3.63) is 266 Å². The van der Waals surface area contributed by atoms with Crippen LogP contribution in [-0.2, 0) is 0 Å². The Morgan fingerprint density at radius 1 is 0.313 bits per heavy atom. The van der Waals surface area contributed by atoms with E-state index >= 15 is 0 Å². The Labute approximate surface area is 473 Å². The van der Waals surface area contributed by atoms with Gasteiger partial charge < -0.3 is 9.13 Å². The van der Waals surface area contributed by atoms with E-state index in [2.05, 4.69) is 240 Å². The van der Waals surface area contributed by atoms with Gasteiger partial charge in [-0.1, -0.05) is 103 Å². The highest BCUT2D eigenvalue weighted by atomic mass is 15.2. The van der Waals surface area contributed by atoms with Crippen molar-refractivity contribution in [1.29, 1.82) is 10.5 Å². The zero-order valence-corrected chi connectivity index (χ0v) is 44.2. The third-order valence-electron chi connectivity index (χ3n) is 16.6. The van der Waals surface area contributed by atoms with Gasteiger partial charge in [0.1, 0.15) is 5.65 Å². The Kier molecular flexibility index (Phi) is 9.90. The Balaban J connectivity index is 0.846. The lowest BCUT2D eigenvalue weighted by molar-refractivity contribution is 1.11. The van der Waals surface area contributed by atoms with Crippen molar-refractivity contribution in [2.75, 3.05) is 0 Å². The Bertz CT molecular complexity index is 5530. The van der Waals surface area contributed by atoms with Crippen LogP contribution in [0, 0.1) is 22.7 Å². The molecule has 0 aliphatic rings. The van der Waals surface area contributed by atoms with E-state index in [1.54, 1.807) is 12.4 Å². The quantitative estimate of drug-likeness (QED) is 0.158. The largest absolute Gasteiger partial charge is 0.309 e. The summed E-state index contributed by atoms with van der Waals surface area (Å²) in [6.07, 6.45) is 5.48. The smallest absolute Gasteiger partial charge is 0.220 e. The third-order valence-corrected chi connectivity index (χ3v) is 16.6. The number of hydrogen-bond acceptors (Lipinski definition) is 5. The second-order valence-corrected chi connectivity index (χ2v) is 21.2. The van der Waals surface area contributed by atoms with Crippen LogP contribution in [0.15, 0.2) is 255 Å². The molecular weight excluding hydrogens is 1020 g/mol. The molecule has 0 amide bonds. The van der Waals surface area contributed by atoms with Crippen molar-refractivity contribution >= 4 is 93.4 Å². The van der Waals surface area contributed by atoms with Crippen molar-refractivity contribution < 1.29 is 0 Å². The van der Waals surface area contributed by atoms with Crippen LogP contribution in [-0.4, -0.2) is 37.6 Å². The number of benzene rings is 10. The van der Waals surface area contributed by atoms with Crippen LogP contribution in [0.1, 0.15) is 11.1 Å². The number of fused-ring (bicyclic) bond motifs is 14. The molecule has 10 nitrogen and oxygen atoms in total. The number of rotatable bonds is 7. The van der Waals surface area contributed by atoms with Gasteiger partial charge in [-0.3, -0.25) is 18.5 Å². The van der Waals surface area contributed by atoms with Crippen LogP contribution in [0.4, 0.5) is 0 Å². The van der Waals surface area contributed by atoms with E-state index in [1.807, 2.05) is 42.6 Å². The Morgan fingerprint density at radius 2 is 0.807 bits per heavy atom. The second kappa shape index (κ2) is 17.8. The predicted molar refractivity (Wildman–Crippen MR) is 334 cm³/mol. The van der Waals surface area contributed by atoms with Crippen molar-refractivity contribution in [3.8, 4) is 68.3 Å². The van der Waals surface area contributed by atoms with E-state index in [-0.39, 0.29) is 0 Å². The highest BCUT2D eigenvalue weighted by Gasteiger charge is 2.22. The summed E-state index contributed by atoms with van der Waals surface area (Å²) in [5.74, 6) is 0.731. The summed E-state index contributed by atoms with van der Waals surface area (Å²) in [5.41, 5.74) is 20.4. The maximum Gasteiger partial charge on any atom is 0.220 e. The van der Waals surface area contributed by atoms with Gasteiger partial charge in [-0.25, -0.2) is 9.97 Å². The van der Waals surface area contributed by atoms with Crippen LogP contribution in [0.2, 0.25) is 0 Å². The number of imidazole rings is 2. The lowest BCUT2D eigenvalue weighted by atomic mass is 9.96. The summed E-state index contributed by atoms with van der Waals surface area (Å²) in [4.78, 5) is 14.8. The maximum atomic E-state index is 10.7. The number of nitrogens with zero attached hydrogens (tertiary/aromatic N) is 10. The normalized spacial score (nSPS) is 11.8. The van der Waals surface area contributed by atoms with Crippen LogP contribution in [0.5, 0.6) is 0 Å². The highest BCUT2D eigenvalue weighted by molar-refractivity contribution is 6.11. The van der Waals surface area contributed by atoms with Crippen molar-refractivity contribution in [2.45, 2.75) is 0 Å². The molecule has 0 unspecified atom stereocenters. The molecule has 0 spiro atoms. The molecule has 0 atom stereocenters. The van der Waals surface area contributed by atoms with Gasteiger partial charge in [0.2, 0.25) is 5.78 Å². The van der Waals surface area contributed by atoms with Gasteiger partial charge in [0.25, 0.3) is 0 Å². The summed E-state index contributed by atoms with van der Waals surface area (Å²) in [6, 6.07) is 87.6. The fraction of sp³-hybridized carbons (Fsp3) is 0. The van der Waals surface area contributed by atoms with Gasteiger partial charge in [0, 0.05) is 68.0 Å². The van der Waals surface area contributed by atoms with Gasteiger partial charge in [0.05, 0.1) is 78.6 Å². The van der Waals surface area contributed by atoms with Crippen LogP contribution < -0.4 is 0 Å². The number of pyridine rings is 2. The highest BCUT2D eigenvalue weighted by Crippen LogP contribution is 2.41. The molecule has 83 heavy (non-hydrogen) atoms. The van der Waals surface area contributed by atoms with Crippen molar-refractivity contribution in [3.63, 3.8) is 0 Å². The van der Waals surface area contributed by atoms with E-state index in [4.69, 9.17) is 9.97 Å². The van der Waals surface area contributed by atoms with Crippen molar-refractivity contribution in [2.24, 2.45) is 0 Å². The van der Waals surface area contributed by atoms with E-state index in [0.29, 0.717) is 11.1 Å². The topological polar surface area (TPSA) is 110 Å². The first-order valence-corrected chi connectivity index (χ1v) is 27.5. The Morgan fingerprint density at radius 3 is 1.45 bits per heavy atom. The summed E-state index contributed by atoms with van der Waals surface area (Å²) >= 11 is 0. The van der Waals surface area contributed by atoms with Gasteiger partial charge in [-0.2, -0.15) is 10.5 Å². The molecule has 7 heterocycles. The first-order valence-electron chi connectivity index (χ1n) is 27.5. The number of nitriles is 2. The van der Waals surface area contributed by atoms with Crippen LogP contribution >= 0.6 is 0 Å². The minimum Gasteiger partial charge on any atom is -0.309 e. The molecule has 384 valence electrons. The number of aromatic nitrogens is 8. The molecular formula is C73H42N10. The molecule has 0 aliphatic heterocycles.